The number of hydrogen-bond acceptors (Lipinski definition) is 6. The van der Waals surface area contributed by atoms with Crippen LogP contribution in [0.3, 0.4) is 0 Å². The Morgan fingerprint density at radius 3 is 2.85 bits per heavy atom. The normalized spacial score (nSPS) is 14.0. The van der Waals surface area contributed by atoms with Gasteiger partial charge in [-0.1, -0.05) is 12.1 Å². The zero-order valence-corrected chi connectivity index (χ0v) is 14.2. The standard InChI is InChI=1S/C17H21FN6O2/c18-14-3-1-2-4-15(14)22-17(25)20-6-5-19-16-11-13(12-21-23-16)24-7-9-26-10-8-24/h1-4,11-12H,5-10H2,(H,19,23)(H2,20,22,25). The number of anilines is 3. The fraction of sp³-hybridized carbons (Fsp3) is 0.353. The molecule has 1 aliphatic rings. The Kier molecular flexibility index (Phi) is 6.15. The lowest BCUT2D eigenvalue weighted by atomic mass is 10.3. The van der Waals surface area contributed by atoms with E-state index in [4.69, 9.17) is 4.74 Å². The molecule has 1 aromatic heterocycles. The number of para-hydroxylation sites is 1. The number of benzene rings is 1. The van der Waals surface area contributed by atoms with Crippen LogP contribution in [-0.2, 0) is 4.74 Å². The van der Waals surface area contributed by atoms with E-state index in [0.717, 1.165) is 18.8 Å². The number of amides is 2. The van der Waals surface area contributed by atoms with Gasteiger partial charge in [-0.25, -0.2) is 9.18 Å². The third kappa shape index (κ3) is 5.03. The minimum Gasteiger partial charge on any atom is -0.378 e. The number of hydrogen-bond donors (Lipinski definition) is 3. The molecule has 9 heteroatoms. The lowest BCUT2D eigenvalue weighted by Crippen LogP contribution is -2.36. The van der Waals surface area contributed by atoms with Gasteiger partial charge in [0.1, 0.15) is 5.82 Å². The third-order valence-corrected chi connectivity index (χ3v) is 3.86. The van der Waals surface area contributed by atoms with Crippen molar-refractivity contribution in [3.8, 4) is 0 Å². The molecular formula is C17H21FN6O2. The van der Waals surface area contributed by atoms with Crippen LogP contribution >= 0.6 is 0 Å². The summed E-state index contributed by atoms with van der Waals surface area (Å²) < 4.78 is 18.8. The van der Waals surface area contributed by atoms with Crippen LogP contribution in [0, 0.1) is 5.82 Å². The van der Waals surface area contributed by atoms with E-state index in [1.807, 2.05) is 6.07 Å². The molecule has 138 valence electrons. The van der Waals surface area contributed by atoms with Crippen molar-refractivity contribution in [1.82, 2.24) is 15.5 Å². The zero-order chi connectivity index (χ0) is 18.2. The molecule has 0 bridgehead atoms. The molecule has 0 atom stereocenters. The topological polar surface area (TPSA) is 91.4 Å². The maximum absolute atomic E-state index is 13.5. The zero-order valence-electron chi connectivity index (χ0n) is 14.2. The molecule has 1 aliphatic heterocycles. The summed E-state index contributed by atoms with van der Waals surface area (Å²) >= 11 is 0. The van der Waals surface area contributed by atoms with E-state index >= 15 is 0 Å². The van der Waals surface area contributed by atoms with Crippen LogP contribution in [0.4, 0.5) is 26.4 Å². The van der Waals surface area contributed by atoms with Gasteiger partial charge in [-0.3, -0.25) is 0 Å². The number of nitrogens with one attached hydrogen (secondary N) is 3. The number of aromatic nitrogens is 2. The molecule has 26 heavy (non-hydrogen) atoms. The van der Waals surface area contributed by atoms with Gasteiger partial charge in [-0.05, 0) is 12.1 Å². The molecule has 0 unspecified atom stereocenters. The fourth-order valence-corrected chi connectivity index (χ4v) is 2.53. The Labute approximate surface area is 150 Å². The molecule has 3 N–H and O–H groups in total. The first-order valence-corrected chi connectivity index (χ1v) is 8.41. The van der Waals surface area contributed by atoms with E-state index in [-0.39, 0.29) is 5.69 Å². The highest BCUT2D eigenvalue weighted by Crippen LogP contribution is 2.17. The molecule has 1 aromatic carbocycles. The van der Waals surface area contributed by atoms with Crippen LogP contribution in [0.25, 0.3) is 0 Å². The number of nitrogens with zero attached hydrogens (tertiary/aromatic N) is 3. The maximum Gasteiger partial charge on any atom is 0.319 e. The largest absolute Gasteiger partial charge is 0.378 e. The van der Waals surface area contributed by atoms with Gasteiger partial charge in [0.15, 0.2) is 5.82 Å². The van der Waals surface area contributed by atoms with Crippen LogP contribution in [-0.4, -0.2) is 55.6 Å². The summed E-state index contributed by atoms with van der Waals surface area (Å²) in [6, 6.07) is 7.45. The van der Waals surface area contributed by atoms with E-state index in [9.17, 15) is 9.18 Å². The molecular weight excluding hydrogens is 339 g/mol. The molecule has 1 saturated heterocycles. The predicted molar refractivity (Wildman–Crippen MR) is 97.0 cm³/mol. The van der Waals surface area contributed by atoms with Gasteiger partial charge in [0.05, 0.1) is 30.8 Å². The molecule has 2 amide bonds. The number of halogens is 1. The van der Waals surface area contributed by atoms with Crippen LogP contribution in [0.2, 0.25) is 0 Å². The quantitative estimate of drug-likeness (QED) is 0.679. The highest BCUT2D eigenvalue weighted by Gasteiger charge is 2.12. The van der Waals surface area contributed by atoms with Gasteiger partial charge in [0.2, 0.25) is 0 Å². The van der Waals surface area contributed by atoms with Crippen LogP contribution in [0.1, 0.15) is 0 Å². The summed E-state index contributed by atoms with van der Waals surface area (Å²) in [4.78, 5) is 14.0. The Morgan fingerprint density at radius 1 is 1.23 bits per heavy atom. The third-order valence-electron chi connectivity index (χ3n) is 3.86. The Balaban J connectivity index is 1.42. The SMILES string of the molecule is O=C(NCCNc1cc(N2CCOCC2)cnn1)Nc1ccccc1F. The predicted octanol–water partition coefficient (Wildman–Crippen LogP) is 1.69. The monoisotopic (exact) mass is 360 g/mol. The van der Waals surface area contributed by atoms with E-state index in [2.05, 4.69) is 31.0 Å². The van der Waals surface area contributed by atoms with Crippen molar-refractivity contribution in [3.63, 3.8) is 0 Å². The van der Waals surface area contributed by atoms with Crippen molar-refractivity contribution >= 4 is 23.2 Å². The summed E-state index contributed by atoms with van der Waals surface area (Å²) in [7, 11) is 0. The number of rotatable bonds is 6. The van der Waals surface area contributed by atoms with E-state index in [0.29, 0.717) is 32.1 Å². The second kappa shape index (κ2) is 8.95. The fourth-order valence-electron chi connectivity index (χ4n) is 2.53. The van der Waals surface area contributed by atoms with E-state index in [1.165, 1.54) is 12.1 Å². The Hall–Kier alpha value is -2.94. The molecule has 8 nitrogen and oxygen atoms in total. The second-order valence-electron chi connectivity index (χ2n) is 5.69. The van der Waals surface area contributed by atoms with Gasteiger partial charge in [-0.15, -0.1) is 5.10 Å². The van der Waals surface area contributed by atoms with Crippen LogP contribution in [0.15, 0.2) is 36.5 Å². The van der Waals surface area contributed by atoms with Gasteiger partial charge < -0.3 is 25.6 Å². The van der Waals surface area contributed by atoms with Crippen molar-refractivity contribution in [3.05, 3.63) is 42.3 Å². The minimum atomic E-state index is -0.476. The first kappa shape index (κ1) is 17.9. The number of morpholine rings is 1. The molecule has 2 aromatic rings. The first-order chi connectivity index (χ1) is 12.7. The average molecular weight is 360 g/mol. The summed E-state index contributed by atoms with van der Waals surface area (Å²) in [6.07, 6.45) is 1.72. The van der Waals surface area contributed by atoms with Crippen molar-refractivity contribution < 1.29 is 13.9 Å². The lowest BCUT2D eigenvalue weighted by Gasteiger charge is -2.28. The maximum atomic E-state index is 13.5. The average Bonchev–Trinajstić information content (AvgIpc) is 2.68. The number of carbonyl (C=O) groups is 1. The Morgan fingerprint density at radius 2 is 2.04 bits per heavy atom. The molecule has 0 aliphatic carbocycles. The second-order valence-corrected chi connectivity index (χ2v) is 5.69. The van der Waals surface area contributed by atoms with Gasteiger partial charge in [-0.2, -0.15) is 5.10 Å². The molecule has 1 fully saturated rings. The van der Waals surface area contributed by atoms with Gasteiger partial charge in [0.25, 0.3) is 0 Å². The number of carbonyl (C=O) groups excluding carboxylic acids is 1. The molecule has 0 saturated carbocycles. The van der Waals surface area contributed by atoms with Crippen molar-refractivity contribution in [2.45, 2.75) is 0 Å². The lowest BCUT2D eigenvalue weighted by molar-refractivity contribution is 0.122. The molecule has 2 heterocycles. The highest BCUT2D eigenvalue weighted by atomic mass is 19.1. The smallest absolute Gasteiger partial charge is 0.319 e. The first-order valence-electron chi connectivity index (χ1n) is 8.41. The number of ether oxygens (including phenoxy) is 1. The molecule has 0 spiro atoms. The molecule has 3 rings (SSSR count). The van der Waals surface area contributed by atoms with Crippen LogP contribution < -0.4 is 20.9 Å². The van der Waals surface area contributed by atoms with Crippen molar-refractivity contribution in [2.75, 3.05) is 54.9 Å². The van der Waals surface area contributed by atoms with E-state index < -0.39 is 11.8 Å². The van der Waals surface area contributed by atoms with Crippen molar-refractivity contribution in [2.24, 2.45) is 0 Å². The highest BCUT2D eigenvalue weighted by molar-refractivity contribution is 5.89. The summed E-state index contributed by atoms with van der Waals surface area (Å²) in [6.45, 7) is 3.86. The summed E-state index contributed by atoms with van der Waals surface area (Å²) in [5, 5.41) is 16.3. The summed E-state index contributed by atoms with van der Waals surface area (Å²) in [5.74, 6) is 0.154. The van der Waals surface area contributed by atoms with Gasteiger partial charge in [0, 0.05) is 32.2 Å². The molecule has 0 radical (unpaired) electrons. The van der Waals surface area contributed by atoms with Gasteiger partial charge >= 0.3 is 6.03 Å². The van der Waals surface area contributed by atoms with Crippen molar-refractivity contribution in [1.29, 1.82) is 0 Å². The minimum absolute atomic E-state index is 0.141. The van der Waals surface area contributed by atoms with Crippen LogP contribution in [0.5, 0.6) is 0 Å². The summed E-state index contributed by atoms with van der Waals surface area (Å²) in [5.41, 5.74) is 1.12. The Bertz CT molecular complexity index is 739. The van der Waals surface area contributed by atoms with E-state index in [1.54, 1.807) is 18.3 Å². The number of urea groups is 1.